The number of aliphatic carboxylic acids is 1. The van der Waals surface area contributed by atoms with E-state index in [0.29, 0.717) is 28.6 Å². The number of nitrogens with two attached hydrogens (primary N) is 1. The minimum absolute atomic E-state index is 0.0302. The van der Waals surface area contributed by atoms with Gasteiger partial charge in [-0.3, -0.25) is 4.79 Å². The fraction of sp³-hybridized carbons (Fsp3) is 0.200. The molecule has 0 fully saturated rings. The standard InChI is InChI=1S/C25H20ClF6N5O6S2/c26-17-9-13(1-8-21(17)37(12-22(38)39)45(33,42)43)10-20(23-34-18-7-4-15(25(30,31)32)11-19(18)35-23)36-44(40,41)16-5-2-14(3-6-16)24(27,28)29/h1-9,11,20,36H,10,12H2,(H,34,35)(H,38,39)(H2,33,42,43)/t20-/m0/s1. The maximum absolute atomic E-state index is 13.3. The molecule has 1 heterocycles. The van der Waals surface area contributed by atoms with Crippen molar-refractivity contribution in [3.8, 4) is 0 Å². The van der Waals surface area contributed by atoms with Crippen LogP contribution in [0.25, 0.3) is 11.0 Å². The van der Waals surface area contributed by atoms with E-state index < -0.39 is 67.2 Å². The van der Waals surface area contributed by atoms with Crippen LogP contribution in [0.5, 0.6) is 0 Å². The first-order valence-corrected chi connectivity index (χ1v) is 15.6. The molecule has 45 heavy (non-hydrogen) atoms. The highest BCUT2D eigenvalue weighted by molar-refractivity contribution is 7.90. The zero-order valence-corrected chi connectivity index (χ0v) is 24.6. The van der Waals surface area contributed by atoms with Gasteiger partial charge < -0.3 is 10.1 Å². The monoisotopic (exact) mass is 699 g/mol. The lowest BCUT2D eigenvalue weighted by Gasteiger charge is -2.22. The highest BCUT2D eigenvalue weighted by Crippen LogP contribution is 2.34. The average molecular weight is 700 g/mol. The molecule has 1 aromatic heterocycles. The van der Waals surface area contributed by atoms with Gasteiger partial charge in [-0.15, -0.1) is 0 Å². The number of halogens is 7. The first-order chi connectivity index (χ1) is 20.6. The summed E-state index contributed by atoms with van der Waals surface area (Å²) in [5, 5.41) is 13.9. The minimum atomic E-state index is -4.74. The van der Waals surface area contributed by atoms with Crippen molar-refractivity contribution in [3.05, 3.63) is 88.2 Å². The van der Waals surface area contributed by atoms with Crippen LogP contribution in [0.15, 0.2) is 65.6 Å². The van der Waals surface area contributed by atoms with Gasteiger partial charge in [0.05, 0.1) is 43.8 Å². The summed E-state index contributed by atoms with van der Waals surface area (Å²) >= 11 is 6.23. The number of H-pyrrole nitrogens is 1. The number of nitrogens with one attached hydrogen (secondary N) is 2. The van der Waals surface area contributed by atoms with Crippen LogP contribution in [0.3, 0.4) is 0 Å². The van der Waals surface area contributed by atoms with Crippen LogP contribution in [0, 0.1) is 0 Å². The van der Waals surface area contributed by atoms with Crippen LogP contribution >= 0.6 is 11.6 Å². The number of carboxylic acid groups (broad SMARTS) is 1. The maximum Gasteiger partial charge on any atom is 0.416 e. The van der Waals surface area contributed by atoms with Gasteiger partial charge in [0.2, 0.25) is 10.0 Å². The van der Waals surface area contributed by atoms with Crippen molar-refractivity contribution in [2.24, 2.45) is 5.14 Å². The van der Waals surface area contributed by atoms with Crippen molar-refractivity contribution in [2.75, 3.05) is 10.8 Å². The number of aromatic nitrogens is 2. The largest absolute Gasteiger partial charge is 0.480 e. The summed E-state index contributed by atoms with van der Waals surface area (Å²) in [6.45, 7) is -1.08. The summed E-state index contributed by atoms with van der Waals surface area (Å²) in [5.74, 6) is -1.74. The van der Waals surface area contributed by atoms with Crippen LogP contribution in [-0.4, -0.2) is 44.4 Å². The van der Waals surface area contributed by atoms with Gasteiger partial charge in [-0.05, 0) is 66.6 Å². The number of sulfonamides is 1. The Hall–Kier alpha value is -3.91. The molecule has 242 valence electrons. The normalized spacial score (nSPS) is 13.6. The summed E-state index contributed by atoms with van der Waals surface area (Å²) in [6.07, 6.45) is -9.77. The fourth-order valence-electron chi connectivity index (χ4n) is 4.19. The number of hydrogen-bond donors (Lipinski definition) is 4. The molecule has 0 saturated carbocycles. The predicted molar refractivity (Wildman–Crippen MR) is 149 cm³/mol. The molecule has 0 aliphatic heterocycles. The third-order valence-electron chi connectivity index (χ3n) is 6.25. The lowest BCUT2D eigenvalue weighted by atomic mass is 10.1. The van der Waals surface area contributed by atoms with Gasteiger partial charge >= 0.3 is 18.3 Å². The molecule has 0 aliphatic carbocycles. The van der Waals surface area contributed by atoms with Gasteiger partial charge in [0.15, 0.2) is 0 Å². The zero-order chi connectivity index (χ0) is 33.5. The second-order valence-electron chi connectivity index (χ2n) is 9.48. The number of aromatic amines is 1. The van der Waals surface area contributed by atoms with E-state index in [2.05, 4.69) is 14.7 Å². The van der Waals surface area contributed by atoms with E-state index >= 15 is 0 Å². The highest BCUT2D eigenvalue weighted by atomic mass is 35.5. The Morgan fingerprint density at radius 1 is 0.956 bits per heavy atom. The lowest BCUT2D eigenvalue weighted by molar-refractivity contribution is -0.138. The minimum Gasteiger partial charge on any atom is -0.480 e. The van der Waals surface area contributed by atoms with Crippen LogP contribution in [0.2, 0.25) is 5.02 Å². The number of nitrogens with zero attached hydrogens (tertiary/aromatic N) is 2. The molecule has 11 nitrogen and oxygen atoms in total. The number of imidazole rings is 1. The van der Waals surface area contributed by atoms with Crippen molar-refractivity contribution < 1.29 is 53.1 Å². The number of alkyl halides is 6. The molecule has 0 bridgehead atoms. The van der Waals surface area contributed by atoms with Gasteiger partial charge in [-0.2, -0.15) is 34.8 Å². The number of carboxylic acids is 1. The Bertz CT molecular complexity index is 1970. The van der Waals surface area contributed by atoms with Crippen molar-refractivity contribution in [1.82, 2.24) is 14.7 Å². The summed E-state index contributed by atoms with van der Waals surface area (Å²) in [7, 11) is -9.18. The first-order valence-electron chi connectivity index (χ1n) is 12.2. The Balaban J connectivity index is 1.75. The molecule has 3 aromatic carbocycles. The van der Waals surface area contributed by atoms with Gasteiger partial charge in [-0.1, -0.05) is 17.7 Å². The van der Waals surface area contributed by atoms with E-state index in [0.717, 1.165) is 24.3 Å². The van der Waals surface area contributed by atoms with Gasteiger partial charge in [0, 0.05) is 0 Å². The molecular weight excluding hydrogens is 680 g/mol. The molecule has 0 amide bonds. The van der Waals surface area contributed by atoms with E-state index in [4.69, 9.17) is 21.8 Å². The molecule has 4 rings (SSSR count). The second kappa shape index (κ2) is 12.1. The predicted octanol–water partition coefficient (Wildman–Crippen LogP) is 4.61. The number of benzene rings is 3. The zero-order valence-electron chi connectivity index (χ0n) is 22.2. The van der Waals surface area contributed by atoms with Crippen LogP contribution < -0.4 is 14.2 Å². The van der Waals surface area contributed by atoms with E-state index in [1.165, 1.54) is 12.1 Å². The van der Waals surface area contributed by atoms with E-state index in [1.807, 2.05) is 0 Å². The molecule has 20 heteroatoms. The molecule has 0 unspecified atom stereocenters. The smallest absolute Gasteiger partial charge is 0.416 e. The molecule has 0 spiro atoms. The van der Waals surface area contributed by atoms with Crippen LogP contribution in [0.1, 0.15) is 28.6 Å². The summed E-state index contributed by atoms with van der Waals surface area (Å²) in [4.78, 5) is 17.4. The molecule has 4 aromatic rings. The molecular formula is C25H20ClF6N5O6S2. The van der Waals surface area contributed by atoms with Crippen LogP contribution in [-0.2, 0) is 43.8 Å². The quantitative estimate of drug-likeness (QED) is 0.175. The maximum atomic E-state index is 13.3. The summed E-state index contributed by atoms with van der Waals surface area (Å²) in [5.41, 5.74) is -2.33. The molecule has 0 radical (unpaired) electrons. The molecule has 0 saturated heterocycles. The van der Waals surface area contributed by atoms with Gasteiger partial charge in [0.25, 0.3) is 10.2 Å². The van der Waals surface area contributed by atoms with E-state index in [-0.39, 0.29) is 39.6 Å². The van der Waals surface area contributed by atoms with Crippen molar-refractivity contribution >= 4 is 54.5 Å². The number of hydrogen-bond acceptors (Lipinski definition) is 6. The van der Waals surface area contributed by atoms with Crippen molar-refractivity contribution in [3.63, 3.8) is 0 Å². The Morgan fingerprint density at radius 2 is 1.56 bits per heavy atom. The Kier molecular flexibility index (Phi) is 9.15. The summed E-state index contributed by atoms with van der Waals surface area (Å²) < 4.78 is 132. The number of fused-ring (bicyclic) bond motifs is 1. The number of carbonyl (C=O) groups is 1. The summed E-state index contributed by atoms with van der Waals surface area (Å²) in [6, 6.07) is 7.23. The second-order valence-corrected chi connectivity index (χ2v) is 13.1. The molecule has 1 atom stereocenters. The third kappa shape index (κ3) is 8.03. The fourth-order valence-corrected chi connectivity index (χ4v) is 6.47. The first kappa shape index (κ1) is 34.0. The lowest BCUT2D eigenvalue weighted by Crippen LogP contribution is -2.40. The third-order valence-corrected chi connectivity index (χ3v) is 8.98. The van der Waals surface area contributed by atoms with Crippen molar-refractivity contribution in [2.45, 2.75) is 29.7 Å². The SMILES string of the molecule is NS(=O)(=O)N(CC(=O)O)c1ccc(C[C@H](NS(=O)(=O)c2ccc(C(F)(F)F)cc2)c2nc3ccc(C(F)(F)F)cc3[nH]2)cc1Cl. The molecule has 0 aliphatic rings. The van der Waals surface area contributed by atoms with Gasteiger partial charge in [-0.25, -0.2) is 27.6 Å². The topological polar surface area (TPSA) is 176 Å². The highest BCUT2D eigenvalue weighted by Gasteiger charge is 2.33. The Labute approximate surface area is 255 Å². The van der Waals surface area contributed by atoms with Gasteiger partial charge in [0.1, 0.15) is 12.4 Å². The van der Waals surface area contributed by atoms with E-state index in [9.17, 15) is 48.0 Å². The number of anilines is 1. The van der Waals surface area contributed by atoms with Crippen molar-refractivity contribution in [1.29, 1.82) is 0 Å². The average Bonchev–Trinajstić information content (AvgIpc) is 3.34. The Morgan fingerprint density at radius 3 is 2.09 bits per heavy atom. The molecule has 5 N–H and O–H groups in total. The van der Waals surface area contributed by atoms with Crippen LogP contribution in [0.4, 0.5) is 32.0 Å². The number of rotatable bonds is 10. The van der Waals surface area contributed by atoms with E-state index in [1.54, 1.807) is 0 Å².